The van der Waals surface area contributed by atoms with Crippen molar-refractivity contribution in [3.63, 3.8) is 0 Å². The Kier molecular flexibility index (Phi) is 6.75. The molecule has 0 atom stereocenters. The van der Waals surface area contributed by atoms with Crippen molar-refractivity contribution >= 4 is 27.5 Å². The minimum atomic E-state index is -3.80. The summed E-state index contributed by atoms with van der Waals surface area (Å²) in [5.74, 6) is -0.745. The molecule has 2 aromatic rings. The van der Waals surface area contributed by atoms with E-state index < -0.39 is 10.0 Å². The molecule has 8 heteroatoms. The lowest BCUT2D eigenvalue weighted by molar-refractivity contribution is -0.131. The van der Waals surface area contributed by atoms with Crippen molar-refractivity contribution < 1.29 is 17.6 Å². The molecule has 0 N–H and O–H groups in total. The van der Waals surface area contributed by atoms with Crippen molar-refractivity contribution in [1.82, 2.24) is 9.21 Å². The molecule has 26 heavy (non-hydrogen) atoms. The molecule has 0 aromatic heterocycles. The topological polar surface area (TPSA) is 57.7 Å². The van der Waals surface area contributed by atoms with Crippen LogP contribution in [0.15, 0.2) is 53.4 Å². The first-order chi connectivity index (χ1) is 12.2. The van der Waals surface area contributed by atoms with Gasteiger partial charge in [-0.25, -0.2) is 12.8 Å². The Labute approximate surface area is 158 Å². The summed E-state index contributed by atoms with van der Waals surface area (Å²) in [5.41, 5.74) is 0.642. The van der Waals surface area contributed by atoms with E-state index in [4.69, 9.17) is 11.6 Å². The first-order valence-electron chi connectivity index (χ1n) is 7.98. The molecule has 140 valence electrons. The van der Waals surface area contributed by atoms with Crippen LogP contribution in [0.3, 0.4) is 0 Å². The Hall–Kier alpha value is -1.96. The standard InChI is InChI=1S/C18H20ClFN2O3S/c1-3-22(12-14-5-4-6-16(20)11-14)18(23)13-21(2)26(24,25)17-9-7-15(19)8-10-17/h4-11H,3,12-13H2,1-2H3. The van der Waals surface area contributed by atoms with Crippen LogP contribution < -0.4 is 0 Å². The van der Waals surface area contributed by atoms with Crippen LogP contribution in [0.25, 0.3) is 0 Å². The molecule has 0 saturated carbocycles. The number of carbonyl (C=O) groups excluding carboxylic acids is 1. The number of carbonyl (C=O) groups is 1. The lowest BCUT2D eigenvalue weighted by atomic mass is 10.2. The molecule has 0 saturated heterocycles. The largest absolute Gasteiger partial charge is 0.338 e. The van der Waals surface area contributed by atoms with E-state index in [1.165, 1.54) is 48.3 Å². The third-order valence-electron chi connectivity index (χ3n) is 3.88. The number of likely N-dealkylation sites (N-methyl/N-ethyl adjacent to an activating group) is 2. The summed E-state index contributed by atoms with van der Waals surface area (Å²) in [6, 6.07) is 11.7. The predicted molar refractivity (Wildman–Crippen MR) is 98.8 cm³/mol. The van der Waals surface area contributed by atoms with Crippen molar-refractivity contribution in [1.29, 1.82) is 0 Å². The Morgan fingerprint density at radius 3 is 2.38 bits per heavy atom. The van der Waals surface area contributed by atoms with Crippen molar-refractivity contribution in [2.75, 3.05) is 20.1 Å². The SMILES string of the molecule is CCN(Cc1cccc(F)c1)C(=O)CN(C)S(=O)(=O)c1ccc(Cl)cc1. The van der Waals surface area contributed by atoms with Gasteiger partial charge in [-0.05, 0) is 48.9 Å². The van der Waals surface area contributed by atoms with E-state index in [2.05, 4.69) is 0 Å². The zero-order valence-electron chi connectivity index (χ0n) is 14.5. The fourth-order valence-corrected chi connectivity index (χ4v) is 3.64. The van der Waals surface area contributed by atoms with Gasteiger partial charge >= 0.3 is 0 Å². The first-order valence-corrected chi connectivity index (χ1v) is 9.80. The van der Waals surface area contributed by atoms with Gasteiger partial charge in [0, 0.05) is 25.2 Å². The van der Waals surface area contributed by atoms with Crippen molar-refractivity contribution in [2.24, 2.45) is 0 Å². The highest BCUT2D eigenvalue weighted by Crippen LogP contribution is 2.18. The molecule has 0 aliphatic heterocycles. The summed E-state index contributed by atoms with van der Waals surface area (Å²) in [4.78, 5) is 14.0. The Morgan fingerprint density at radius 1 is 1.15 bits per heavy atom. The molecule has 2 aromatic carbocycles. The lowest BCUT2D eigenvalue weighted by Crippen LogP contribution is -2.40. The van der Waals surface area contributed by atoms with Gasteiger partial charge in [-0.15, -0.1) is 0 Å². The maximum atomic E-state index is 13.3. The average Bonchev–Trinajstić information content (AvgIpc) is 2.60. The van der Waals surface area contributed by atoms with Crippen LogP contribution in [0, 0.1) is 5.82 Å². The molecule has 0 aliphatic carbocycles. The maximum absolute atomic E-state index is 13.3. The molecule has 0 fully saturated rings. The molecule has 0 heterocycles. The molecule has 0 aliphatic rings. The first kappa shape index (κ1) is 20.4. The van der Waals surface area contributed by atoms with Crippen molar-refractivity contribution in [3.8, 4) is 0 Å². The lowest BCUT2D eigenvalue weighted by Gasteiger charge is -2.24. The second-order valence-electron chi connectivity index (χ2n) is 5.75. The van der Waals surface area contributed by atoms with Crippen molar-refractivity contribution in [2.45, 2.75) is 18.4 Å². The summed E-state index contributed by atoms with van der Waals surface area (Å²) in [6.07, 6.45) is 0. The van der Waals surface area contributed by atoms with E-state index in [-0.39, 0.29) is 29.7 Å². The third kappa shape index (κ3) is 5.03. The number of halogens is 2. The highest BCUT2D eigenvalue weighted by atomic mass is 35.5. The normalized spacial score (nSPS) is 11.6. The molecule has 1 amide bonds. The molecular formula is C18H20ClFN2O3S. The fourth-order valence-electron chi connectivity index (χ4n) is 2.39. The van der Waals surface area contributed by atoms with E-state index in [0.717, 1.165) is 4.31 Å². The second-order valence-corrected chi connectivity index (χ2v) is 8.23. The maximum Gasteiger partial charge on any atom is 0.243 e. The van der Waals surface area contributed by atoms with E-state index in [1.807, 2.05) is 0 Å². The summed E-state index contributed by atoms with van der Waals surface area (Å²) >= 11 is 5.78. The zero-order valence-corrected chi connectivity index (χ0v) is 16.1. The molecule has 0 radical (unpaired) electrons. The third-order valence-corrected chi connectivity index (χ3v) is 5.95. The van der Waals surface area contributed by atoms with Gasteiger partial charge in [-0.1, -0.05) is 23.7 Å². The summed E-state index contributed by atoms with van der Waals surface area (Å²) in [7, 11) is -2.46. The average molecular weight is 399 g/mol. The van der Waals surface area contributed by atoms with E-state index >= 15 is 0 Å². The summed E-state index contributed by atoms with van der Waals surface area (Å²) in [5, 5.41) is 0.426. The number of hydrogen-bond donors (Lipinski definition) is 0. The smallest absolute Gasteiger partial charge is 0.243 e. The van der Waals surface area contributed by atoms with Gasteiger partial charge in [0.1, 0.15) is 5.82 Å². The number of sulfonamides is 1. The quantitative estimate of drug-likeness (QED) is 0.719. The van der Waals surface area contributed by atoms with Crippen LogP contribution >= 0.6 is 11.6 Å². The molecule has 5 nitrogen and oxygen atoms in total. The molecule has 0 unspecified atom stereocenters. The molecular weight excluding hydrogens is 379 g/mol. The van der Waals surface area contributed by atoms with Gasteiger partial charge in [0.25, 0.3) is 0 Å². The number of rotatable bonds is 7. The van der Waals surface area contributed by atoms with Gasteiger partial charge in [0.15, 0.2) is 0 Å². The van der Waals surface area contributed by atoms with E-state index in [0.29, 0.717) is 17.1 Å². The van der Waals surface area contributed by atoms with E-state index in [1.54, 1.807) is 19.1 Å². The van der Waals surface area contributed by atoms with Gasteiger partial charge in [0.05, 0.1) is 11.4 Å². The highest BCUT2D eigenvalue weighted by Gasteiger charge is 2.25. The minimum absolute atomic E-state index is 0.0605. The predicted octanol–water partition coefficient (Wildman–Crippen LogP) is 3.15. The van der Waals surface area contributed by atoms with Gasteiger partial charge in [-0.2, -0.15) is 4.31 Å². The van der Waals surface area contributed by atoms with E-state index in [9.17, 15) is 17.6 Å². The van der Waals surface area contributed by atoms with Crippen LogP contribution in [-0.2, 0) is 21.4 Å². The Bertz CT molecular complexity index is 872. The van der Waals surface area contributed by atoms with Crippen LogP contribution in [0.4, 0.5) is 4.39 Å². The van der Waals surface area contributed by atoms with Crippen molar-refractivity contribution in [3.05, 3.63) is 64.9 Å². The summed E-state index contributed by atoms with van der Waals surface area (Å²) < 4.78 is 39.4. The fraction of sp³-hybridized carbons (Fsp3) is 0.278. The minimum Gasteiger partial charge on any atom is -0.338 e. The van der Waals surface area contributed by atoms with Gasteiger partial charge < -0.3 is 4.90 Å². The highest BCUT2D eigenvalue weighted by molar-refractivity contribution is 7.89. The Morgan fingerprint density at radius 2 is 1.81 bits per heavy atom. The zero-order chi connectivity index (χ0) is 19.3. The monoisotopic (exact) mass is 398 g/mol. The van der Waals surface area contributed by atoms with Crippen LogP contribution in [0.2, 0.25) is 5.02 Å². The molecule has 2 rings (SSSR count). The van der Waals surface area contributed by atoms with Gasteiger partial charge in [0.2, 0.25) is 15.9 Å². The van der Waals surface area contributed by atoms with Gasteiger partial charge in [-0.3, -0.25) is 4.79 Å². The number of benzene rings is 2. The number of nitrogens with zero attached hydrogens (tertiary/aromatic N) is 2. The Balaban J connectivity index is 2.09. The molecule has 0 bridgehead atoms. The van der Waals surface area contributed by atoms with Crippen LogP contribution in [0.1, 0.15) is 12.5 Å². The van der Waals surface area contributed by atoms with Crippen LogP contribution in [-0.4, -0.2) is 43.7 Å². The number of hydrogen-bond acceptors (Lipinski definition) is 3. The number of amides is 1. The summed E-state index contributed by atoms with van der Waals surface area (Å²) in [6.45, 7) is 2.06. The molecule has 0 spiro atoms. The second kappa shape index (κ2) is 8.62. The van der Waals surface area contributed by atoms with Crippen LogP contribution in [0.5, 0.6) is 0 Å².